The highest BCUT2D eigenvalue weighted by Crippen LogP contribution is 2.31. The molecule has 0 aliphatic carbocycles. The highest BCUT2D eigenvalue weighted by Gasteiger charge is 2.36. The number of carbonyl (C=O) groups is 2. The third kappa shape index (κ3) is 3.42. The molecule has 126 valence electrons. The highest BCUT2D eigenvalue weighted by molar-refractivity contribution is 6.01. The first-order chi connectivity index (χ1) is 10.7. The molecular formula is C15H19F2N3O3. The van der Waals surface area contributed by atoms with Gasteiger partial charge in [0.15, 0.2) is 0 Å². The van der Waals surface area contributed by atoms with Gasteiger partial charge >= 0.3 is 6.09 Å². The molecule has 1 aromatic rings. The largest absolute Gasteiger partial charge is 0.465 e. The van der Waals surface area contributed by atoms with Gasteiger partial charge in [0.1, 0.15) is 23.4 Å². The molecule has 23 heavy (non-hydrogen) atoms. The average molecular weight is 327 g/mol. The van der Waals surface area contributed by atoms with Crippen molar-refractivity contribution in [2.75, 3.05) is 25.5 Å². The van der Waals surface area contributed by atoms with Gasteiger partial charge in [0.25, 0.3) is 0 Å². The molecule has 1 aromatic carbocycles. The Hall–Kier alpha value is -2.22. The summed E-state index contributed by atoms with van der Waals surface area (Å²) in [5, 5.41) is 10.7. The lowest BCUT2D eigenvalue weighted by molar-refractivity contribution is -0.118. The molecule has 2 amide bonds. The fourth-order valence-electron chi connectivity index (χ4n) is 2.57. The van der Waals surface area contributed by atoms with Gasteiger partial charge in [-0.15, -0.1) is 0 Å². The molecule has 2 unspecified atom stereocenters. The Morgan fingerprint density at radius 2 is 1.96 bits per heavy atom. The predicted octanol–water partition coefficient (Wildman–Crippen LogP) is 1.96. The van der Waals surface area contributed by atoms with Gasteiger partial charge in [0.2, 0.25) is 5.91 Å². The first-order valence-electron chi connectivity index (χ1n) is 7.18. The van der Waals surface area contributed by atoms with Crippen molar-refractivity contribution >= 4 is 17.7 Å². The van der Waals surface area contributed by atoms with Gasteiger partial charge in [-0.25, -0.2) is 13.6 Å². The van der Waals surface area contributed by atoms with Crippen molar-refractivity contribution < 1.29 is 23.5 Å². The van der Waals surface area contributed by atoms with Gasteiger partial charge in [-0.3, -0.25) is 4.79 Å². The van der Waals surface area contributed by atoms with E-state index in [4.69, 9.17) is 5.11 Å². The maximum atomic E-state index is 14.4. The van der Waals surface area contributed by atoms with Crippen LogP contribution in [0.2, 0.25) is 0 Å². The Kier molecular flexibility index (Phi) is 4.84. The number of nitrogens with zero attached hydrogens (tertiary/aromatic N) is 2. The molecule has 2 rings (SSSR count). The van der Waals surface area contributed by atoms with Gasteiger partial charge < -0.3 is 20.2 Å². The molecule has 0 bridgehead atoms. The molecule has 8 heteroatoms. The second kappa shape index (κ2) is 6.49. The molecule has 1 aliphatic heterocycles. The van der Waals surface area contributed by atoms with Crippen molar-refractivity contribution in [3.05, 3.63) is 29.3 Å². The number of hydrogen-bond acceptors (Lipinski definition) is 3. The van der Waals surface area contributed by atoms with Gasteiger partial charge in [0, 0.05) is 12.6 Å². The van der Waals surface area contributed by atoms with E-state index in [0.717, 1.165) is 4.90 Å². The monoisotopic (exact) mass is 327 g/mol. The van der Waals surface area contributed by atoms with E-state index in [2.05, 4.69) is 0 Å². The maximum Gasteiger partial charge on any atom is 0.405 e. The van der Waals surface area contributed by atoms with Crippen LogP contribution in [0.4, 0.5) is 19.3 Å². The van der Waals surface area contributed by atoms with E-state index in [0.29, 0.717) is 5.56 Å². The molecule has 1 aliphatic rings. The Bertz CT molecular complexity index is 613. The van der Waals surface area contributed by atoms with Gasteiger partial charge in [-0.1, -0.05) is 0 Å². The number of hydrogen-bond donors (Lipinski definition) is 2. The minimum atomic E-state index is -1.35. The Balaban J connectivity index is 2.31. The second-order valence-electron chi connectivity index (χ2n) is 5.75. The van der Waals surface area contributed by atoms with E-state index >= 15 is 0 Å². The number of benzene rings is 1. The zero-order valence-electron chi connectivity index (χ0n) is 13.1. The normalized spacial score (nSPS) is 19.3. The minimum absolute atomic E-state index is 0.0558. The van der Waals surface area contributed by atoms with Gasteiger partial charge in [0.05, 0.1) is 0 Å². The fraction of sp³-hybridized carbons (Fsp3) is 0.467. The Labute approximate surface area is 132 Å². The number of carbonyl (C=O) groups excluding carboxylic acids is 1. The minimum Gasteiger partial charge on any atom is -0.465 e. The first kappa shape index (κ1) is 17.1. The number of rotatable bonds is 4. The fourth-order valence-corrected chi connectivity index (χ4v) is 2.57. The number of anilines is 1. The summed E-state index contributed by atoms with van der Waals surface area (Å²) in [5.74, 6) is -2.32. The lowest BCUT2D eigenvalue weighted by Gasteiger charge is -2.23. The SMILES string of the molecule is CC(c1cc(F)c(N2CCC(NC(=O)O)C2=O)c(F)c1)N(C)C. The lowest BCUT2D eigenvalue weighted by Crippen LogP contribution is -2.41. The third-order valence-corrected chi connectivity index (χ3v) is 4.07. The van der Waals surface area contributed by atoms with Crippen LogP contribution in [0.1, 0.15) is 24.9 Å². The highest BCUT2D eigenvalue weighted by atomic mass is 19.1. The van der Waals surface area contributed by atoms with Crippen molar-refractivity contribution in [3.63, 3.8) is 0 Å². The molecule has 0 radical (unpaired) electrons. The average Bonchev–Trinajstić information content (AvgIpc) is 2.78. The summed E-state index contributed by atoms with van der Waals surface area (Å²) in [6.45, 7) is 1.86. The summed E-state index contributed by atoms with van der Waals surface area (Å²) in [4.78, 5) is 25.5. The van der Waals surface area contributed by atoms with Crippen LogP contribution in [-0.2, 0) is 4.79 Å². The molecule has 0 saturated carbocycles. The number of carboxylic acid groups (broad SMARTS) is 1. The topological polar surface area (TPSA) is 72.9 Å². The van der Waals surface area contributed by atoms with Crippen molar-refractivity contribution in [3.8, 4) is 0 Å². The van der Waals surface area contributed by atoms with Crippen LogP contribution in [0.25, 0.3) is 0 Å². The second-order valence-corrected chi connectivity index (χ2v) is 5.75. The van der Waals surface area contributed by atoms with Crippen LogP contribution >= 0.6 is 0 Å². The van der Waals surface area contributed by atoms with Crippen LogP contribution in [0.5, 0.6) is 0 Å². The van der Waals surface area contributed by atoms with Crippen molar-refractivity contribution in [2.45, 2.75) is 25.4 Å². The van der Waals surface area contributed by atoms with E-state index in [1.54, 1.807) is 14.1 Å². The number of nitrogens with one attached hydrogen (secondary N) is 1. The summed E-state index contributed by atoms with van der Waals surface area (Å²) >= 11 is 0. The van der Waals surface area contributed by atoms with Crippen LogP contribution in [-0.4, -0.2) is 48.7 Å². The zero-order chi connectivity index (χ0) is 17.3. The molecule has 0 spiro atoms. The standard InChI is InChI=1S/C15H19F2N3O3/c1-8(19(2)3)9-6-10(16)13(11(17)7-9)20-5-4-12(14(20)21)18-15(22)23/h6-8,12,18H,4-5H2,1-3H3,(H,22,23). The summed E-state index contributed by atoms with van der Waals surface area (Å²) in [6, 6.07) is 1.23. The summed E-state index contributed by atoms with van der Waals surface area (Å²) < 4.78 is 28.7. The van der Waals surface area contributed by atoms with Crippen LogP contribution in [0.15, 0.2) is 12.1 Å². The number of amides is 2. The summed E-state index contributed by atoms with van der Waals surface area (Å²) in [5.41, 5.74) is 0.0278. The smallest absolute Gasteiger partial charge is 0.405 e. The van der Waals surface area contributed by atoms with E-state index in [-0.39, 0.29) is 19.0 Å². The molecule has 0 aromatic heterocycles. The first-order valence-corrected chi connectivity index (χ1v) is 7.18. The zero-order valence-corrected chi connectivity index (χ0v) is 13.1. The molecular weight excluding hydrogens is 308 g/mol. The molecule has 1 saturated heterocycles. The van der Waals surface area contributed by atoms with Gasteiger partial charge in [-0.2, -0.15) is 0 Å². The molecule has 6 nitrogen and oxygen atoms in total. The van der Waals surface area contributed by atoms with E-state index in [1.165, 1.54) is 12.1 Å². The van der Waals surface area contributed by atoms with Gasteiger partial charge in [-0.05, 0) is 45.1 Å². The number of halogens is 2. The summed E-state index contributed by atoms with van der Waals surface area (Å²) in [6.07, 6.45) is -1.18. The molecule has 1 heterocycles. The summed E-state index contributed by atoms with van der Waals surface area (Å²) in [7, 11) is 3.58. The van der Waals surface area contributed by atoms with Crippen LogP contribution in [0, 0.1) is 11.6 Å². The van der Waals surface area contributed by atoms with Crippen molar-refractivity contribution in [2.24, 2.45) is 0 Å². The quantitative estimate of drug-likeness (QED) is 0.887. The molecule has 2 N–H and O–H groups in total. The van der Waals surface area contributed by atoms with E-state index in [1.807, 2.05) is 17.1 Å². The lowest BCUT2D eigenvalue weighted by atomic mass is 10.1. The van der Waals surface area contributed by atoms with E-state index < -0.39 is 35.4 Å². The van der Waals surface area contributed by atoms with Crippen molar-refractivity contribution in [1.29, 1.82) is 0 Å². The Morgan fingerprint density at radius 1 is 1.39 bits per heavy atom. The predicted molar refractivity (Wildman–Crippen MR) is 80.4 cm³/mol. The molecule has 1 fully saturated rings. The van der Waals surface area contributed by atoms with Crippen molar-refractivity contribution in [1.82, 2.24) is 10.2 Å². The maximum absolute atomic E-state index is 14.4. The third-order valence-electron chi connectivity index (χ3n) is 4.07. The van der Waals surface area contributed by atoms with Crippen LogP contribution < -0.4 is 10.2 Å². The van der Waals surface area contributed by atoms with Crippen LogP contribution in [0.3, 0.4) is 0 Å². The molecule has 2 atom stereocenters. The van der Waals surface area contributed by atoms with E-state index in [9.17, 15) is 18.4 Å². The Morgan fingerprint density at radius 3 is 2.43 bits per heavy atom.